The van der Waals surface area contributed by atoms with Gasteiger partial charge in [-0.15, -0.1) is 0 Å². The topological polar surface area (TPSA) is 104 Å². The van der Waals surface area contributed by atoms with Gasteiger partial charge in [0.15, 0.2) is 11.5 Å². The molecule has 1 amide bonds. The van der Waals surface area contributed by atoms with Crippen LogP contribution in [-0.4, -0.2) is 73.7 Å². The zero-order chi connectivity index (χ0) is 24.9. The third-order valence-electron chi connectivity index (χ3n) is 5.60. The lowest BCUT2D eigenvalue weighted by Crippen LogP contribution is -2.41. The summed E-state index contributed by atoms with van der Waals surface area (Å²) in [6, 6.07) is 1.36. The monoisotopic (exact) mass is 495 g/mol. The van der Waals surface area contributed by atoms with E-state index in [0.717, 1.165) is 22.9 Å². The molecule has 0 spiro atoms. The minimum absolute atomic E-state index is 0.0140. The fourth-order valence-electron chi connectivity index (χ4n) is 4.01. The first-order valence-electron chi connectivity index (χ1n) is 10.5. The van der Waals surface area contributed by atoms with Crippen LogP contribution in [0.3, 0.4) is 0 Å². The van der Waals surface area contributed by atoms with Crippen molar-refractivity contribution in [3.8, 4) is 11.4 Å². The smallest absolute Gasteiger partial charge is 0.289 e. The highest BCUT2D eigenvalue weighted by Crippen LogP contribution is 2.33. The molecular formula is C21H18F5N7O2. The Kier molecular flexibility index (Phi) is 5.84. The molecule has 5 rings (SSSR count). The molecule has 2 atom stereocenters. The van der Waals surface area contributed by atoms with Gasteiger partial charge in [-0.2, -0.15) is 5.10 Å². The molecule has 14 heteroatoms. The molecule has 2 N–H and O–H groups in total. The van der Waals surface area contributed by atoms with E-state index in [1.54, 1.807) is 0 Å². The van der Waals surface area contributed by atoms with Gasteiger partial charge in [0.1, 0.15) is 17.2 Å². The van der Waals surface area contributed by atoms with E-state index in [0.29, 0.717) is 10.7 Å². The Balaban J connectivity index is 1.65. The summed E-state index contributed by atoms with van der Waals surface area (Å²) in [5, 5.41) is 4.03. The van der Waals surface area contributed by atoms with E-state index in [1.165, 1.54) is 11.1 Å². The third-order valence-corrected chi connectivity index (χ3v) is 5.60. The summed E-state index contributed by atoms with van der Waals surface area (Å²) in [6.07, 6.45) is -3.04. The van der Waals surface area contributed by atoms with Crippen molar-refractivity contribution in [1.82, 2.24) is 29.0 Å². The number of pyridine rings is 2. The van der Waals surface area contributed by atoms with Crippen molar-refractivity contribution in [1.29, 1.82) is 0 Å². The number of imidazole rings is 1. The molecule has 1 aliphatic heterocycles. The lowest BCUT2D eigenvalue weighted by atomic mass is 10.2. The number of ether oxygens (including phenoxy) is 1. The fraction of sp³-hybridized carbons (Fsp3) is 0.333. The second kappa shape index (κ2) is 8.85. The number of carbonyl (C=O) groups is 1. The summed E-state index contributed by atoms with van der Waals surface area (Å²) in [6.45, 7) is 0.942. The fourth-order valence-corrected chi connectivity index (χ4v) is 4.01. The van der Waals surface area contributed by atoms with Gasteiger partial charge in [-0.05, 0) is 6.07 Å². The average Bonchev–Trinajstić information content (AvgIpc) is 3.33. The Hall–Kier alpha value is -3.65. The van der Waals surface area contributed by atoms with Crippen LogP contribution in [0.15, 0.2) is 30.7 Å². The van der Waals surface area contributed by atoms with Crippen molar-refractivity contribution < 1.29 is 31.5 Å². The number of aromatic nitrogens is 5. The van der Waals surface area contributed by atoms with Gasteiger partial charge >= 0.3 is 0 Å². The second-order valence-corrected chi connectivity index (χ2v) is 8.02. The molecule has 35 heavy (non-hydrogen) atoms. The first-order chi connectivity index (χ1) is 16.7. The van der Waals surface area contributed by atoms with E-state index in [-0.39, 0.29) is 59.9 Å². The number of alkyl halides is 3. The quantitative estimate of drug-likeness (QED) is 0.437. The molecule has 0 aromatic carbocycles. The molecule has 1 aliphatic rings. The highest BCUT2D eigenvalue weighted by atomic mass is 19.3. The molecule has 4 aromatic heterocycles. The summed E-state index contributed by atoms with van der Waals surface area (Å²) in [7, 11) is 0. The van der Waals surface area contributed by atoms with Crippen LogP contribution >= 0.6 is 0 Å². The number of nitrogens with zero attached hydrogens (tertiary/aromatic N) is 6. The zero-order valence-electron chi connectivity index (χ0n) is 17.9. The Labute approximate surface area is 193 Å². The Morgan fingerprint density at radius 1 is 1.17 bits per heavy atom. The first kappa shape index (κ1) is 23.1. The standard InChI is InChI=1S/C21H18F5N7O2/c22-10-3-13(23)20-29-6-16(32(20)7-10)17-12-5-28-14(4-15(12)33(30-17)19(26)18(24)25)21(34)31-1-2-35-9-11(27)8-31/h3-7,11,18-19H,1-2,8-9,27H2. The molecule has 0 aliphatic carbocycles. The lowest BCUT2D eigenvalue weighted by Gasteiger charge is -2.21. The van der Waals surface area contributed by atoms with Crippen LogP contribution < -0.4 is 5.73 Å². The maximum Gasteiger partial charge on any atom is 0.289 e. The van der Waals surface area contributed by atoms with Gasteiger partial charge in [-0.25, -0.2) is 31.6 Å². The van der Waals surface area contributed by atoms with E-state index in [1.807, 2.05) is 0 Å². The van der Waals surface area contributed by atoms with Crippen molar-refractivity contribution in [3.05, 3.63) is 48.1 Å². The number of hydrogen-bond donors (Lipinski definition) is 1. The normalized spacial score (nSPS) is 17.9. The molecule has 1 saturated heterocycles. The number of amides is 1. The van der Waals surface area contributed by atoms with Crippen molar-refractivity contribution in [2.75, 3.05) is 26.3 Å². The van der Waals surface area contributed by atoms with Gasteiger partial charge in [-0.3, -0.25) is 14.2 Å². The molecule has 5 heterocycles. The lowest BCUT2D eigenvalue weighted by molar-refractivity contribution is 0.00356. The number of fused-ring (bicyclic) bond motifs is 2. The minimum atomic E-state index is -3.43. The van der Waals surface area contributed by atoms with Gasteiger partial charge in [0, 0.05) is 43.0 Å². The van der Waals surface area contributed by atoms with Crippen LogP contribution in [0, 0.1) is 11.6 Å². The van der Waals surface area contributed by atoms with E-state index in [9.17, 15) is 26.7 Å². The van der Waals surface area contributed by atoms with E-state index >= 15 is 0 Å². The van der Waals surface area contributed by atoms with E-state index < -0.39 is 36.3 Å². The Morgan fingerprint density at radius 2 is 1.97 bits per heavy atom. The largest absolute Gasteiger partial charge is 0.378 e. The maximum absolute atomic E-state index is 14.5. The van der Waals surface area contributed by atoms with Gasteiger partial charge in [0.2, 0.25) is 0 Å². The highest BCUT2D eigenvalue weighted by Gasteiger charge is 2.29. The van der Waals surface area contributed by atoms with Crippen molar-refractivity contribution in [2.45, 2.75) is 18.8 Å². The van der Waals surface area contributed by atoms with Crippen molar-refractivity contribution in [2.24, 2.45) is 5.73 Å². The summed E-state index contributed by atoms with van der Waals surface area (Å²) in [4.78, 5) is 22.4. The maximum atomic E-state index is 14.5. The van der Waals surface area contributed by atoms with Crippen LogP contribution in [0.5, 0.6) is 0 Å². The summed E-state index contributed by atoms with van der Waals surface area (Å²) in [5.41, 5.74) is 5.28. The van der Waals surface area contributed by atoms with Gasteiger partial charge in [0.05, 0.1) is 30.6 Å². The van der Waals surface area contributed by atoms with Gasteiger partial charge in [0.25, 0.3) is 18.6 Å². The number of nitrogens with two attached hydrogens (primary N) is 1. The first-order valence-corrected chi connectivity index (χ1v) is 10.5. The van der Waals surface area contributed by atoms with Crippen LogP contribution in [0.4, 0.5) is 22.0 Å². The number of carbonyl (C=O) groups excluding carboxylic acids is 1. The number of rotatable bonds is 4. The van der Waals surface area contributed by atoms with Gasteiger partial charge < -0.3 is 15.4 Å². The van der Waals surface area contributed by atoms with E-state index in [2.05, 4.69) is 15.1 Å². The van der Waals surface area contributed by atoms with Crippen molar-refractivity contribution >= 4 is 22.5 Å². The van der Waals surface area contributed by atoms with Crippen LogP contribution in [0.2, 0.25) is 0 Å². The SMILES string of the molecule is NC1COCCN(C(=O)c2cc3c(cn2)c(-c2cnc4c(F)cc(F)cn24)nn3C(F)C(F)F)C1. The summed E-state index contributed by atoms with van der Waals surface area (Å²) >= 11 is 0. The average molecular weight is 495 g/mol. The Bertz CT molecular complexity index is 1420. The van der Waals surface area contributed by atoms with Crippen molar-refractivity contribution in [3.63, 3.8) is 0 Å². The number of hydrogen-bond acceptors (Lipinski definition) is 6. The van der Waals surface area contributed by atoms with Crippen LogP contribution in [0.25, 0.3) is 27.9 Å². The van der Waals surface area contributed by atoms with Gasteiger partial charge in [-0.1, -0.05) is 0 Å². The zero-order valence-corrected chi connectivity index (χ0v) is 17.9. The molecule has 9 nitrogen and oxygen atoms in total. The van der Waals surface area contributed by atoms with Crippen LogP contribution in [0.1, 0.15) is 16.8 Å². The molecule has 0 saturated carbocycles. The molecule has 0 radical (unpaired) electrons. The predicted molar refractivity (Wildman–Crippen MR) is 112 cm³/mol. The molecule has 2 unspecified atom stereocenters. The molecule has 4 aromatic rings. The second-order valence-electron chi connectivity index (χ2n) is 8.02. The molecular weight excluding hydrogens is 477 g/mol. The predicted octanol–water partition coefficient (Wildman–Crippen LogP) is 2.56. The molecule has 184 valence electrons. The Morgan fingerprint density at radius 3 is 2.74 bits per heavy atom. The number of halogens is 5. The van der Waals surface area contributed by atoms with E-state index in [4.69, 9.17) is 10.5 Å². The highest BCUT2D eigenvalue weighted by molar-refractivity contribution is 5.99. The third kappa shape index (κ3) is 4.08. The summed E-state index contributed by atoms with van der Waals surface area (Å²) in [5.74, 6) is -2.42. The molecule has 0 bridgehead atoms. The molecule has 1 fully saturated rings. The van der Waals surface area contributed by atoms with Crippen LogP contribution in [-0.2, 0) is 4.74 Å². The minimum Gasteiger partial charge on any atom is -0.378 e. The summed E-state index contributed by atoms with van der Waals surface area (Å²) < 4.78 is 75.9.